The molecule has 0 aromatic carbocycles. The average molecular weight is 223 g/mol. The Kier molecular flexibility index (Phi) is 4.31. The van der Waals surface area contributed by atoms with Gasteiger partial charge in [-0.2, -0.15) is 0 Å². The van der Waals surface area contributed by atoms with Gasteiger partial charge in [0.1, 0.15) is 5.76 Å². The van der Waals surface area contributed by atoms with Gasteiger partial charge in [-0.05, 0) is 32.9 Å². The van der Waals surface area contributed by atoms with E-state index in [1.54, 1.807) is 6.07 Å². The standard InChI is InChI=1S/C12H17NO3/c1-8(2)6-7-13-9(3)10-4-5-11(16-10)12(14)15/h4-6,9,13H,7H2,1-3H3,(H,14,15). The third-order valence-corrected chi connectivity index (χ3v) is 2.20. The highest BCUT2D eigenvalue weighted by atomic mass is 16.4. The Morgan fingerprint density at radius 2 is 2.25 bits per heavy atom. The van der Waals surface area contributed by atoms with Crippen LogP contribution in [0.5, 0.6) is 0 Å². The molecule has 0 bridgehead atoms. The molecule has 1 atom stereocenters. The van der Waals surface area contributed by atoms with Crippen molar-refractivity contribution in [1.82, 2.24) is 5.32 Å². The van der Waals surface area contributed by atoms with Crippen LogP contribution in [0.2, 0.25) is 0 Å². The molecule has 0 radical (unpaired) electrons. The van der Waals surface area contributed by atoms with E-state index in [-0.39, 0.29) is 11.8 Å². The predicted molar refractivity (Wildman–Crippen MR) is 61.5 cm³/mol. The quantitative estimate of drug-likeness (QED) is 0.753. The molecule has 0 amide bonds. The molecule has 0 saturated carbocycles. The van der Waals surface area contributed by atoms with Crippen LogP contribution in [0.25, 0.3) is 0 Å². The van der Waals surface area contributed by atoms with Gasteiger partial charge in [-0.1, -0.05) is 11.6 Å². The molecule has 0 aliphatic rings. The summed E-state index contributed by atoms with van der Waals surface area (Å²) in [5.41, 5.74) is 1.24. The number of hydrogen-bond donors (Lipinski definition) is 2. The van der Waals surface area contributed by atoms with E-state index >= 15 is 0 Å². The minimum atomic E-state index is -1.04. The number of carbonyl (C=O) groups is 1. The Bertz CT molecular complexity index is 389. The van der Waals surface area contributed by atoms with E-state index in [0.717, 1.165) is 6.54 Å². The molecule has 0 fully saturated rings. The van der Waals surface area contributed by atoms with Gasteiger partial charge in [-0.3, -0.25) is 0 Å². The van der Waals surface area contributed by atoms with E-state index in [0.29, 0.717) is 5.76 Å². The van der Waals surface area contributed by atoms with Crippen molar-refractivity contribution < 1.29 is 14.3 Å². The summed E-state index contributed by atoms with van der Waals surface area (Å²) in [6.45, 7) is 6.74. The minimum absolute atomic E-state index is 0.00343. The van der Waals surface area contributed by atoms with Gasteiger partial charge in [0, 0.05) is 6.54 Å². The summed E-state index contributed by atoms with van der Waals surface area (Å²) < 4.78 is 5.18. The average Bonchev–Trinajstić information content (AvgIpc) is 2.65. The van der Waals surface area contributed by atoms with Crippen molar-refractivity contribution in [2.75, 3.05) is 6.54 Å². The number of allylic oxidation sites excluding steroid dienone is 1. The number of carboxylic acid groups (broad SMARTS) is 1. The van der Waals surface area contributed by atoms with E-state index < -0.39 is 5.97 Å². The van der Waals surface area contributed by atoms with E-state index in [1.165, 1.54) is 11.6 Å². The van der Waals surface area contributed by atoms with Crippen molar-refractivity contribution in [3.05, 3.63) is 35.3 Å². The molecule has 16 heavy (non-hydrogen) atoms. The van der Waals surface area contributed by atoms with Crippen LogP contribution in [0.4, 0.5) is 0 Å². The van der Waals surface area contributed by atoms with Crippen LogP contribution in [0, 0.1) is 0 Å². The maximum atomic E-state index is 10.6. The molecule has 0 aliphatic carbocycles. The van der Waals surface area contributed by atoms with Crippen molar-refractivity contribution in [3.63, 3.8) is 0 Å². The largest absolute Gasteiger partial charge is 0.475 e. The molecular formula is C12H17NO3. The van der Waals surface area contributed by atoms with Crippen molar-refractivity contribution >= 4 is 5.97 Å². The molecule has 1 heterocycles. The number of nitrogens with one attached hydrogen (secondary N) is 1. The summed E-state index contributed by atoms with van der Waals surface area (Å²) in [4.78, 5) is 10.6. The van der Waals surface area contributed by atoms with Crippen molar-refractivity contribution in [3.8, 4) is 0 Å². The lowest BCUT2D eigenvalue weighted by Crippen LogP contribution is -2.18. The van der Waals surface area contributed by atoms with Gasteiger partial charge in [-0.15, -0.1) is 0 Å². The van der Waals surface area contributed by atoms with Crippen molar-refractivity contribution in [2.45, 2.75) is 26.8 Å². The summed E-state index contributed by atoms with van der Waals surface area (Å²) in [5, 5.41) is 11.9. The lowest BCUT2D eigenvalue weighted by Gasteiger charge is -2.09. The molecule has 1 unspecified atom stereocenters. The monoisotopic (exact) mass is 223 g/mol. The Balaban J connectivity index is 2.56. The maximum Gasteiger partial charge on any atom is 0.371 e. The first-order chi connectivity index (χ1) is 7.50. The molecule has 0 saturated heterocycles. The first-order valence-electron chi connectivity index (χ1n) is 5.20. The zero-order valence-corrected chi connectivity index (χ0v) is 9.78. The number of hydrogen-bond acceptors (Lipinski definition) is 3. The van der Waals surface area contributed by atoms with Gasteiger partial charge >= 0.3 is 5.97 Å². The van der Waals surface area contributed by atoms with Crippen LogP contribution in [0.3, 0.4) is 0 Å². The van der Waals surface area contributed by atoms with Gasteiger partial charge in [0.25, 0.3) is 0 Å². The Labute approximate surface area is 95.0 Å². The van der Waals surface area contributed by atoms with Crippen LogP contribution >= 0.6 is 0 Å². The molecule has 0 spiro atoms. The van der Waals surface area contributed by atoms with Gasteiger partial charge in [0.15, 0.2) is 0 Å². The Morgan fingerprint density at radius 1 is 1.56 bits per heavy atom. The second-order valence-corrected chi connectivity index (χ2v) is 3.92. The van der Waals surface area contributed by atoms with Crippen LogP contribution in [-0.4, -0.2) is 17.6 Å². The second-order valence-electron chi connectivity index (χ2n) is 3.92. The molecular weight excluding hydrogens is 206 g/mol. The molecule has 1 aromatic rings. The highest BCUT2D eigenvalue weighted by molar-refractivity contribution is 5.84. The van der Waals surface area contributed by atoms with Gasteiger partial charge in [0.05, 0.1) is 6.04 Å². The fourth-order valence-corrected chi connectivity index (χ4v) is 1.24. The summed E-state index contributed by atoms with van der Waals surface area (Å²) in [6, 6.07) is 3.16. The Hall–Kier alpha value is -1.55. The third-order valence-electron chi connectivity index (χ3n) is 2.20. The normalized spacial score (nSPS) is 12.2. The zero-order valence-electron chi connectivity index (χ0n) is 9.78. The number of carboxylic acids is 1. The van der Waals surface area contributed by atoms with E-state index in [1.807, 2.05) is 20.8 Å². The molecule has 4 heteroatoms. The van der Waals surface area contributed by atoms with Gasteiger partial charge < -0.3 is 14.8 Å². The summed E-state index contributed by atoms with van der Waals surface area (Å²) in [7, 11) is 0. The molecule has 1 aromatic heterocycles. The summed E-state index contributed by atoms with van der Waals surface area (Å²) in [6.07, 6.45) is 2.07. The highest BCUT2D eigenvalue weighted by Gasteiger charge is 2.12. The molecule has 0 aliphatic heterocycles. The first-order valence-corrected chi connectivity index (χ1v) is 5.20. The Morgan fingerprint density at radius 3 is 2.75 bits per heavy atom. The summed E-state index contributed by atoms with van der Waals surface area (Å²) in [5.74, 6) is -0.423. The zero-order chi connectivity index (χ0) is 12.1. The predicted octanol–water partition coefficient (Wildman–Crippen LogP) is 2.59. The SMILES string of the molecule is CC(C)=CCNC(C)c1ccc(C(=O)O)o1. The number of furan rings is 1. The molecule has 2 N–H and O–H groups in total. The van der Waals surface area contributed by atoms with Crippen molar-refractivity contribution in [1.29, 1.82) is 0 Å². The van der Waals surface area contributed by atoms with E-state index in [9.17, 15) is 4.79 Å². The molecule has 88 valence electrons. The number of aromatic carboxylic acids is 1. The molecule has 1 rings (SSSR count). The van der Waals surface area contributed by atoms with Gasteiger partial charge in [0.2, 0.25) is 5.76 Å². The highest BCUT2D eigenvalue weighted by Crippen LogP contribution is 2.15. The van der Waals surface area contributed by atoms with E-state index in [4.69, 9.17) is 9.52 Å². The van der Waals surface area contributed by atoms with Crippen LogP contribution < -0.4 is 5.32 Å². The maximum absolute atomic E-state index is 10.6. The smallest absolute Gasteiger partial charge is 0.371 e. The van der Waals surface area contributed by atoms with Gasteiger partial charge in [-0.25, -0.2) is 4.79 Å². The third kappa shape index (κ3) is 3.55. The van der Waals surface area contributed by atoms with Crippen LogP contribution in [0.1, 0.15) is 43.1 Å². The van der Waals surface area contributed by atoms with Crippen LogP contribution in [0.15, 0.2) is 28.2 Å². The topological polar surface area (TPSA) is 62.5 Å². The number of rotatable bonds is 5. The second kappa shape index (κ2) is 5.51. The first kappa shape index (κ1) is 12.5. The van der Waals surface area contributed by atoms with E-state index in [2.05, 4.69) is 11.4 Å². The lowest BCUT2D eigenvalue weighted by atomic mass is 10.2. The fraction of sp³-hybridized carbons (Fsp3) is 0.417. The summed E-state index contributed by atoms with van der Waals surface area (Å²) >= 11 is 0. The minimum Gasteiger partial charge on any atom is -0.475 e. The van der Waals surface area contributed by atoms with Crippen molar-refractivity contribution in [2.24, 2.45) is 0 Å². The molecule has 4 nitrogen and oxygen atoms in total. The fourth-order valence-electron chi connectivity index (χ4n) is 1.24. The lowest BCUT2D eigenvalue weighted by molar-refractivity contribution is 0.0659. The van der Waals surface area contributed by atoms with Crippen LogP contribution in [-0.2, 0) is 0 Å².